The maximum absolute atomic E-state index is 6.17. The molecule has 2 rings (SSSR count). The SMILES string of the molecule is CCc1nc(Cl)c(C)c(N(C)CCc2cccs2)n1. The minimum atomic E-state index is 0.560. The molecule has 0 aliphatic carbocycles. The first-order valence-corrected chi connectivity index (χ1v) is 7.64. The zero-order valence-electron chi connectivity index (χ0n) is 11.5. The van der Waals surface area contributed by atoms with Crippen LogP contribution in [0.3, 0.4) is 0 Å². The minimum Gasteiger partial charge on any atom is -0.359 e. The van der Waals surface area contributed by atoms with Crippen LogP contribution in [0.25, 0.3) is 0 Å². The fourth-order valence-corrected chi connectivity index (χ4v) is 2.77. The Hall–Kier alpha value is -1.13. The second-order valence-electron chi connectivity index (χ2n) is 4.48. The van der Waals surface area contributed by atoms with Crippen LogP contribution in [-0.4, -0.2) is 23.6 Å². The van der Waals surface area contributed by atoms with E-state index in [1.54, 1.807) is 11.3 Å². The molecule has 0 bridgehead atoms. The Morgan fingerprint density at radius 2 is 2.16 bits per heavy atom. The second kappa shape index (κ2) is 6.35. The molecule has 0 N–H and O–H groups in total. The Morgan fingerprint density at radius 3 is 2.79 bits per heavy atom. The highest BCUT2D eigenvalue weighted by molar-refractivity contribution is 7.09. The van der Waals surface area contributed by atoms with E-state index in [-0.39, 0.29) is 0 Å². The average molecular weight is 296 g/mol. The molecule has 2 heterocycles. The van der Waals surface area contributed by atoms with Crippen LogP contribution in [0, 0.1) is 6.92 Å². The van der Waals surface area contributed by atoms with Crippen LogP contribution in [0.2, 0.25) is 5.15 Å². The Kier molecular flexibility index (Phi) is 4.77. The molecule has 0 fully saturated rings. The normalized spacial score (nSPS) is 10.7. The number of nitrogens with zero attached hydrogens (tertiary/aromatic N) is 3. The fourth-order valence-electron chi connectivity index (χ4n) is 1.89. The largest absolute Gasteiger partial charge is 0.359 e. The molecule has 2 aromatic rings. The summed E-state index contributed by atoms with van der Waals surface area (Å²) in [6.07, 6.45) is 1.82. The topological polar surface area (TPSA) is 29.0 Å². The minimum absolute atomic E-state index is 0.560. The highest BCUT2D eigenvalue weighted by Crippen LogP contribution is 2.23. The first-order valence-electron chi connectivity index (χ1n) is 6.38. The number of aromatic nitrogens is 2. The Morgan fingerprint density at radius 1 is 1.37 bits per heavy atom. The van der Waals surface area contributed by atoms with Crippen molar-refractivity contribution in [1.29, 1.82) is 0 Å². The molecule has 0 aliphatic rings. The van der Waals surface area contributed by atoms with Gasteiger partial charge < -0.3 is 4.90 Å². The van der Waals surface area contributed by atoms with Gasteiger partial charge in [0.05, 0.1) is 0 Å². The van der Waals surface area contributed by atoms with E-state index in [0.717, 1.165) is 36.6 Å². The van der Waals surface area contributed by atoms with Crippen LogP contribution in [0.1, 0.15) is 23.2 Å². The van der Waals surface area contributed by atoms with E-state index in [1.807, 2.05) is 13.8 Å². The van der Waals surface area contributed by atoms with Gasteiger partial charge in [-0.2, -0.15) is 0 Å². The summed E-state index contributed by atoms with van der Waals surface area (Å²) in [5.41, 5.74) is 0.951. The van der Waals surface area contributed by atoms with Gasteiger partial charge in [0.1, 0.15) is 16.8 Å². The van der Waals surface area contributed by atoms with E-state index in [4.69, 9.17) is 11.6 Å². The van der Waals surface area contributed by atoms with E-state index in [2.05, 4.69) is 39.4 Å². The smallest absolute Gasteiger partial charge is 0.137 e. The van der Waals surface area contributed by atoms with Gasteiger partial charge in [-0.1, -0.05) is 24.6 Å². The van der Waals surface area contributed by atoms with Crippen molar-refractivity contribution >= 4 is 28.8 Å². The van der Waals surface area contributed by atoms with Gasteiger partial charge in [0.25, 0.3) is 0 Å². The van der Waals surface area contributed by atoms with Crippen LogP contribution < -0.4 is 4.90 Å². The third kappa shape index (κ3) is 3.45. The summed E-state index contributed by atoms with van der Waals surface area (Å²) in [6.45, 7) is 4.94. The average Bonchev–Trinajstić information content (AvgIpc) is 2.92. The predicted octanol–water partition coefficient (Wildman–Crippen LogP) is 3.74. The molecule has 0 saturated carbocycles. The van der Waals surface area contributed by atoms with Crippen LogP contribution in [-0.2, 0) is 12.8 Å². The quantitative estimate of drug-likeness (QED) is 0.787. The van der Waals surface area contributed by atoms with Crippen molar-refractivity contribution in [1.82, 2.24) is 9.97 Å². The number of rotatable bonds is 5. The number of hydrogen-bond donors (Lipinski definition) is 0. The Labute approximate surface area is 123 Å². The molecular formula is C14H18ClN3S. The van der Waals surface area contributed by atoms with Crippen molar-refractivity contribution in [2.75, 3.05) is 18.5 Å². The number of likely N-dealkylation sites (N-methyl/N-ethyl adjacent to an activating group) is 1. The summed E-state index contributed by atoms with van der Waals surface area (Å²) >= 11 is 7.96. The molecule has 0 aromatic carbocycles. The van der Waals surface area contributed by atoms with Gasteiger partial charge in [0.2, 0.25) is 0 Å². The van der Waals surface area contributed by atoms with Gasteiger partial charge in [-0.05, 0) is 24.8 Å². The zero-order chi connectivity index (χ0) is 13.8. The summed E-state index contributed by atoms with van der Waals surface area (Å²) < 4.78 is 0. The summed E-state index contributed by atoms with van der Waals surface area (Å²) in [5, 5.41) is 2.67. The van der Waals surface area contributed by atoms with E-state index in [9.17, 15) is 0 Å². The van der Waals surface area contributed by atoms with Crippen molar-refractivity contribution in [2.45, 2.75) is 26.7 Å². The highest BCUT2D eigenvalue weighted by atomic mass is 35.5. The molecule has 102 valence electrons. The molecule has 0 amide bonds. The maximum Gasteiger partial charge on any atom is 0.137 e. The second-order valence-corrected chi connectivity index (χ2v) is 5.87. The van der Waals surface area contributed by atoms with Crippen molar-refractivity contribution in [3.63, 3.8) is 0 Å². The molecule has 3 nitrogen and oxygen atoms in total. The van der Waals surface area contributed by atoms with Crippen LogP contribution in [0.4, 0.5) is 5.82 Å². The Balaban J connectivity index is 2.13. The van der Waals surface area contributed by atoms with E-state index < -0.39 is 0 Å². The van der Waals surface area contributed by atoms with Gasteiger partial charge >= 0.3 is 0 Å². The van der Waals surface area contributed by atoms with Crippen molar-refractivity contribution < 1.29 is 0 Å². The third-order valence-electron chi connectivity index (χ3n) is 3.06. The summed E-state index contributed by atoms with van der Waals surface area (Å²) in [4.78, 5) is 12.4. The molecule has 19 heavy (non-hydrogen) atoms. The van der Waals surface area contributed by atoms with E-state index in [1.165, 1.54) is 4.88 Å². The first kappa shape index (κ1) is 14.3. The van der Waals surface area contributed by atoms with Gasteiger partial charge in [0.15, 0.2) is 0 Å². The molecule has 0 atom stereocenters. The number of thiophene rings is 1. The van der Waals surface area contributed by atoms with Gasteiger partial charge in [-0.3, -0.25) is 0 Å². The van der Waals surface area contributed by atoms with Crippen molar-refractivity contribution in [3.8, 4) is 0 Å². The molecule has 0 unspecified atom stereocenters. The molecule has 0 spiro atoms. The van der Waals surface area contributed by atoms with Gasteiger partial charge in [-0.25, -0.2) is 9.97 Å². The highest BCUT2D eigenvalue weighted by Gasteiger charge is 2.12. The lowest BCUT2D eigenvalue weighted by molar-refractivity contribution is 0.835. The van der Waals surface area contributed by atoms with Crippen LogP contribution in [0.15, 0.2) is 17.5 Å². The Bertz CT molecular complexity index is 540. The number of aryl methyl sites for hydroxylation is 1. The summed E-state index contributed by atoms with van der Waals surface area (Å²) in [7, 11) is 2.05. The molecule has 5 heteroatoms. The molecule has 2 aromatic heterocycles. The maximum atomic E-state index is 6.17. The fraction of sp³-hybridized carbons (Fsp3) is 0.429. The standard InChI is InChI=1S/C14H18ClN3S/c1-4-12-16-13(15)10(2)14(17-12)18(3)8-7-11-6-5-9-19-11/h5-6,9H,4,7-8H2,1-3H3. The molecule has 0 radical (unpaired) electrons. The molecule has 0 aliphatic heterocycles. The molecular weight excluding hydrogens is 278 g/mol. The number of hydrogen-bond acceptors (Lipinski definition) is 4. The molecule has 0 saturated heterocycles. The summed E-state index contributed by atoms with van der Waals surface area (Å²) in [6, 6.07) is 4.25. The zero-order valence-corrected chi connectivity index (χ0v) is 13.1. The lowest BCUT2D eigenvalue weighted by atomic mass is 10.3. The van der Waals surface area contributed by atoms with E-state index in [0.29, 0.717) is 5.15 Å². The van der Waals surface area contributed by atoms with Crippen molar-refractivity contribution in [3.05, 3.63) is 38.9 Å². The van der Waals surface area contributed by atoms with E-state index >= 15 is 0 Å². The predicted molar refractivity (Wildman–Crippen MR) is 82.5 cm³/mol. The summed E-state index contributed by atoms with van der Waals surface area (Å²) in [5.74, 6) is 1.74. The van der Waals surface area contributed by atoms with Crippen LogP contribution >= 0.6 is 22.9 Å². The monoisotopic (exact) mass is 295 g/mol. The van der Waals surface area contributed by atoms with Crippen molar-refractivity contribution in [2.24, 2.45) is 0 Å². The third-order valence-corrected chi connectivity index (χ3v) is 4.36. The number of anilines is 1. The van der Waals surface area contributed by atoms with Gasteiger partial charge in [-0.15, -0.1) is 11.3 Å². The number of halogens is 1. The van der Waals surface area contributed by atoms with Gasteiger partial charge in [0, 0.05) is 30.5 Å². The lowest BCUT2D eigenvalue weighted by Gasteiger charge is -2.20. The lowest BCUT2D eigenvalue weighted by Crippen LogP contribution is -2.23. The first-order chi connectivity index (χ1) is 9.11. The van der Waals surface area contributed by atoms with Crippen LogP contribution in [0.5, 0.6) is 0 Å².